The Morgan fingerprint density at radius 1 is 0.560 bits per heavy atom. The topological polar surface area (TPSA) is 255 Å². The summed E-state index contributed by atoms with van der Waals surface area (Å²) in [6.07, 6.45) is 0. The second-order valence-electron chi connectivity index (χ2n) is 10.9. The van der Waals surface area contributed by atoms with Crippen LogP contribution in [0.15, 0.2) is 90.1 Å². The van der Waals surface area contributed by atoms with Crippen LogP contribution in [-0.2, 0) is 28.7 Å². The van der Waals surface area contributed by atoms with E-state index in [-0.39, 0.29) is 55.8 Å². The van der Waals surface area contributed by atoms with Gasteiger partial charge in [0.2, 0.25) is 11.6 Å². The van der Waals surface area contributed by atoms with E-state index in [2.05, 4.69) is 0 Å². The Balaban J connectivity index is 1.41. The zero-order valence-electron chi connectivity index (χ0n) is 24.7. The highest BCUT2D eigenvalue weighted by Crippen LogP contribution is 2.49. The lowest BCUT2D eigenvalue weighted by Gasteiger charge is -2.11. The normalized spacial score (nSPS) is 17.2. The zero-order chi connectivity index (χ0) is 35.8. The average molecular weight is 679 g/mol. The summed E-state index contributed by atoms with van der Waals surface area (Å²) in [7, 11) is 0. The number of hydrogen-bond acceptors (Lipinski definition) is 13. The summed E-state index contributed by atoms with van der Waals surface area (Å²) < 4.78 is 15.7. The molecule has 248 valence electrons. The van der Waals surface area contributed by atoms with Crippen LogP contribution in [0.25, 0.3) is 33.1 Å². The number of rotatable bonds is 6. The summed E-state index contributed by atoms with van der Waals surface area (Å²) in [4.78, 5) is 65.0. The van der Waals surface area contributed by atoms with Gasteiger partial charge in [0.1, 0.15) is 33.8 Å². The minimum atomic E-state index is -1.63. The number of aliphatic hydroxyl groups excluding tert-OH is 2. The smallest absolute Gasteiger partial charge is 0.344 e. The molecule has 7 N–H and O–H groups in total. The summed E-state index contributed by atoms with van der Waals surface area (Å²) in [5, 5.41) is 71.4. The van der Waals surface area contributed by atoms with E-state index < -0.39 is 80.9 Å². The molecular weight excluding hydrogens is 660 g/mol. The Bertz CT molecular complexity index is 2420. The van der Waals surface area contributed by atoms with Crippen LogP contribution >= 0.6 is 0 Å². The summed E-state index contributed by atoms with van der Waals surface area (Å²) >= 11 is 0. The lowest BCUT2D eigenvalue weighted by Crippen LogP contribution is -2.10. The number of aromatic hydroxyl groups is 3. The van der Waals surface area contributed by atoms with Crippen LogP contribution in [0, 0.1) is 0 Å². The number of carbonyl (C=O) groups excluding carboxylic acids is 3. The molecule has 0 aliphatic carbocycles. The largest absolute Gasteiger partial charge is 0.508 e. The van der Waals surface area contributed by atoms with Crippen molar-refractivity contribution in [2.45, 2.75) is 0 Å². The van der Waals surface area contributed by atoms with Gasteiger partial charge >= 0.3 is 17.9 Å². The quantitative estimate of drug-likeness (QED) is 0.0859. The number of carboxylic acids is 2. The van der Waals surface area contributed by atoms with E-state index in [1.807, 2.05) is 0 Å². The van der Waals surface area contributed by atoms with Crippen molar-refractivity contribution >= 4 is 62.5 Å². The van der Waals surface area contributed by atoms with Gasteiger partial charge in [-0.3, -0.25) is 9.59 Å². The summed E-state index contributed by atoms with van der Waals surface area (Å²) in [5.41, 5.74) is -3.57. The highest BCUT2D eigenvalue weighted by Gasteiger charge is 2.42. The van der Waals surface area contributed by atoms with Crippen LogP contribution in [0.1, 0.15) is 32.6 Å². The van der Waals surface area contributed by atoms with Gasteiger partial charge in [0, 0.05) is 10.9 Å². The van der Waals surface area contributed by atoms with Gasteiger partial charge in [0.05, 0.1) is 5.56 Å². The molecule has 4 aromatic carbocycles. The van der Waals surface area contributed by atoms with E-state index in [4.69, 9.17) is 14.2 Å². The third-order valence-electron chi connectivity index (χ3n) is 8.03. The van der Waals surface area contributed by atoms with E-state index in [0.29, 0.717) is 0 Å². The van der Waals surface area contributed by atoms with Crippen molar-refractivity contribution in [3.63, 3.8) is 0 Å². The molecule has 3 aliphatic rings. The van der Waals surface area contributed by atoms with E-state index in [9.17, 15) is 59.7 Å². The van der Waals surface area contributed by atoms with Crippen molar-refractivity contribution in [1.82, 2.24) is 0 Å². The van der Waals surface area contributed by atoms with Crippen molar-refractivity contribution in [1.29, 1.82) is 0 Å². The minimum absolute atomic E-state index is 0.0603. The molecule has 0 saturated carbocycles. The van der Waals surface area contributed by atoms with Crippen LogP contribution in [0.3, 0.4) is 0 Å². The molecule has 4 aromatic rings. The van der Waals surface area contributed by atoms with Gasteiger partial charge in [0.25, 0.3) is 11.9 Å². The van der Waals surface area contributed by atoms with E-state index in [1.165, 1.54) is 42.5 Å². The fourth-order valence-corrected chi connectivity index (χ4v) is 5.86. The fourth-order valence-electron chi connectivity index (χ4n) is 5.86. The van der Waals surface area contributed by atoms with Gasteiger partial charge in [-0.25, -0.2) is 14.4 Å². The maximum atomic E-state index is 13.8. The number of aliphatic hydroxyl groups is 2. The standard InChI is InChI=1S/C35H18O15/c36-15-5-1-12(2-6-15)22(31(41)42)29-26(39)21(34(46)49-29)14-9-17-18(11-20(38)28-24(17)19(10-14)33(45)48-28)25-27(40)30(50-35(25)47)23(32(43)44)13-3-7-16(37)8-4-13/h1-11,36-38,46-47H,(H,41,42)(H,43,44). The maximum absolute atomic E-state index is 13.8. The first-order valence-corrected chi connectivity index (χ1v) is 14.2. The van der Waals surface area contributed by atoms with Crippen LogP contribution in [0.5, 0.6) is 23.0 Å². The van der Waals surface area contributed by atoms with Crippen molar-refractivity contribution in [3.05, 3.63) is 118 Å². The minimum Gasteiger partial charge on any atom is -0.508 e. The molecule has 0 fully saturated rings. The summed E-state index contributed by atoms with van der Waals surface area (Å²) in [6, 6.07) is 12.6. The number of carbonyl (C=O) groups is 5. The molecule has 15 nitrogen and oxygen atoms in total. The number of ether oxygens (including phenoxy) is 3. The number of allylic oxidation sites excluding steroid dienone is 2. The molecule has 0 amide bonds. The molecule has 0 saturated heterocycles. The highest BCUT2D eigenvalue weighted by atomic mass is 16.6. The lowest BCUT2D eigenvalue weighted by atomic mass is 9.89. The molecular formula is C35H18O15. The third kappa shape index (κ3) is 4.64. The predicted molar refractivity (Wildman–Crippen MR) is 167 cm³/mol. The number of aliphatic carboxylic acids is 2. The third-order valence-corrected chi connectivity index (χ3v) is 8.03. The van der Waals surface area contributed by atoms with E-state index in [1.54, 1.807) is 0 Å². The van der Waals surface area contributed by atoms with Crippen molar-refractivity contribution in [2.75, 3.05) is 0 Å². The molecule has 3 heterocycles. The number of benzene rings is 4. The van der Waals surface area contributed by atoms with Gasteiger partial charge in [-0.15, -0.1) is 0 Å². The zero-order valence-corrected chi connectivity index (χ0v) is 24.7. The molecule has 0 radical (unpaired) electrons. The monoisotopic (exact) mass is 678 g/mol. The molecule has 0 bridgehead atoms. The Kier molecular flexibility index (Phi) is 6.85. The second kappa shape index (κ2) is 11.0. The van der Waals surface area contributed by atoms with Crippen molar-refractivity contribution in [3.8, 4) is 23.0 Å². The van der Waals surface area contributed by atoms with Gasteiger partial charge < -0.3 is 50.0 Å². The van der Waals surface area contributed by atoms with Gasteiger partial charge in [-0.1, -0.05) is 24.3 Å². The highest BCUT2D eigenvalue weighted by molar-refractivity contribution is 6.39. The first kappa shape index (κ1) is 31.1. The lowest BCUT2D eigenvalue weighted by molar-refractivity contribution is -0.131. The first-order valence-electron chi connectivity index (χ1n) is 14.2. The maximum Gasteiger partial charge on any atom is 0.344 e. The van der Waals surface area contributed by atoms with E-state index in [0.717, 1.165) is 24.3 Å². The molecule has 0 unspecified atom stereocenters. The Hall–Kier alpha value is -7.55. The van der Waals surface area contributed by atoms with Gasteiger partial charge in [-0.2, -0.15) is 0 Å². The molecule has 0 aromatic heterocycles. The van der Waals surface area contributed by atoms with Crippen LogP contribution in [0.2, 0.25) is 0 Å². The number of Topliss-reactive ketones (excluding diaryl/α,β-unsaturated/α-hetero) is 2. The number of esters is 1. The number of carboxylic acid groups (broad SMARTS) is 2. The van der Waals surface area contributed by atoms with Crippen LogP contribution < -0.4 is 4.74 Å². The van der Waals surface area contributed by atoms with Crippen molar-refractivity contribution < 1.29 is 73.9 Å². The summed E-state index contributed by atoms with van der Waals surface area (Å²) in [5.74, 6) is -11.7. The number of hydrogen-bond donors (Lipinski definition) is 7. The molecule has 15 heteroatoms. The molecule has 0 spiro atoms. The predicted octanol–water partition coefficient (Wildman–Crippen LogP) is 4.13. The number of phenolic OH excluding ortho intramolecular Hbond substituents is 3. The summed E-state index contributed by atoms with van der Waals surface area (Å²) in [6.45, 7) is 0. The second-order valence-corrected chi connectivity index (χ2v) is 10.9. The Morgan fingerprint density at radius 3 is 1.54 bits per heavy atom. The van der Waals surface area contributed by atoms with E-state index >= 15 is 0 Å². The number of ketones is 2. The molecule has 3 aliphatic heterocycles. The SMILES string of the molecule is O=C(O)C(=C1OC(O)=C(c2cc3c4c(c(O)cc(C5=C(O)OC(=C(C(=O)O)c6ccc(O)cc6)C5=O)c4c2)OC3=O)C1=O)c1ccc(O)cc1. The fraction of sp³-hybridized carbons (Fsp3) is 0. The van der Waals surface area contributed by atoms with Crippen LogP contribution in [-0.4, -0.2) is 65.2 Å². The Morgan fingerprint density at radius 2 is 1.04 bits per heavy atom. The van der Waals surface area contributed by atoms with Gasteiger partial charge in [0.15, 0.2) is 23.0 Å². The van der Waals surface area contributed by atoms with Crippen LogP contribution in [0.4, 0.5) is 0 Å². The average Bonchev–Trinajstić information content (AvgIpc) is 3.66. The molecule has 0 atom stereocenters. The molecule has 7 rings (SSSR count). The first-order chi connectivity index (χ1) is 23.8. The number of phenols is 3. The van der Waals surface area contributed by atoms with Crippen molar-refractivity contribution in [2.24, 2.45) is 0 Å². The van der Waals surface area contributed by atoms with Gasteiger partial charge in [-0.05, 0) is 64.5 Å². The Labute approximate surface area is 277 Å². The molecule has 50 heavy (non-hydrogen) atoms.